The zero-order valence-corrected chi connectivity index (χ0v) is 22.5. The van der Waals surface area contributed by atoms with Crippen LogP contribution >= 0.6 is 27.3 Å². The molecular weight excluding hydrogens is 540 g/mol. The Morgan fingerprint density at radius 1 is 1.11 bits per heavy atom. The number of halogens is 1. The zero-order chi connectivity index (χ0) is 25.6. The summed E-state index contributed by atoms with van der Waals surface area (Å²) in [5, 5.41) is 13.3. The van der Waals surface area contributed by atoms with E-state index in [1.165, 1.54) is 11.3 Å². The molecule has 2 aromatic heterocycles. The lowest BCUT2D eigenvalue weighted by Crippen LogP contribution is -2.33. The van der Waals surface area contributed by atoms with Gasteiger partial charge in [-0.05, 0) is 68.7 Å². The van der Waals surface area contributed by atoms with Crippen LogP contribution in [-0.4, -0.2) is 33.5 Å². The molecule has 2 aromatic carbocycles. The minimum atomic E-state index is -1.08. The van der Waals surface area contributed by atoms with Crippen molar-refractivity contribution in [1.29, 1.82) is 0 Å². The van der Waals surface area contributed by atoms with Crippen molar-refractivity contribution >= 4 is 60.3 Å². The third kappa shape index (κ3) is 4.60. The van der Waals surface area contributed by atoms with Gasteiger partial charge >= 0.3 is 5.97 Å². The van der Waals surface area contributed by atoms with Crippen LogP contribution in [0.4, 0.5) is 10.9 Å². The molecule has 3 heterocycles. The monoisotopic (exact) mass is 564 g/mol. The summed E-state index contributed by atoms with van der Waals surface area (Å²) in [7, 11) is 0. The van der Waals surface area contributed by atoms with Gasteiger partial charge in [0.05, 0.1) is 14.7 Å². The number of anilines is 2. The molecule has 0 unspecified atom stereocenters. The highest BCUT2D eigenvalue weighted by Gasteiger charge is 2.28. The fraction of sp³-hybridized carbons (Fsp3) is 0.259. The molecule has 9 heteroatoms. The third-order valence-corrected chi connectivity index (χ3v) is 8.07. The number of para-hydroxylation sites is 1. The van der Waals surface area contributed by atoms with Crippen molar-refractivity contribution in [3.8, 4) is 0 Å². The van der Waals surface area contributed by atoms with Gasteiger partial charge in [0.2, 0.25) is 0 Å². The molecule has 0 saturated carbocycles. The quantitative estimate of drug-likeness (QED) is 0.303. The summed E-state index contributed by atoms with van der Waals surface area (Å²) in [6, 6.07) is 15.5. The van der Waals surface area contributed by atoms with E-state index in [2.05, 4.69) is 31.2 Å². The number of fused-ring (bicyclic) bond motifs is 2. The summed E-state index contributed by atoms with van der Waals surface area (Å²) in [5.41, 5.74) is 4.04. The smallest absolute Gasteiger partial charge is 0.355 e. The van der Waals surface area contributed by atoms with Crippen LogP contribution in [0.3, 0.4) is 0 Å². The van der Waals surface area contributed by atoms with Crippen molar-refractivity contribution in [2.45, 2.75) is 39.2 Å². The first-order valence-electron chi connectivity index (χ1n) is 11.6. The van der Waals surface area contributed by atoms with Gasteiger partial charge in [0.15, 0.2) is 10.8 Å². The number of benzene rings is 2. The summed E-state index contributed by atoms with van der Waals surface area (Å²) in [6.07, 6.45) is 0.725. The zero-order valence-electron chi connectivity index (χ0n) is 20.1. The molecule has 5 rings (SSSR count). The number of aromatic nitrogens is 2. The Morgan fingerprint density at radius 3 is 2.61 bits per heavy atom. The van der Waals surface area contributed by atoms with Gasteiger partial charge in [0.1, 0.15) is 5.82 Å². The third-order valence-electron chi connectivity index (χ3n) is 6.31. The van der Waals surface area contributed by atoms with Crippen LogP contribution in [-0.2, 0) is 18.4 Å². The molecule has 7 nitrogen and oxygen atoms in total. The number of nitrogens with zero attached hydrogens (tertiary/aromatic N) is 3. The maximum atomic E-state index is 13.3. The summed E-state index contributed by atoms with van der Waals surface area (Å²) in [4.78, 5) is 36.3. The molecule has 0 bridgehead atoms. The van der Waals surface area contributed by atoms with Gasteiger partial charge in [0.25, 0.3) is 5.91 Å². The van der Waals surface area contributed by atoms with E-state index in [-0.39, 0.29) is 17.0 Å². The Balaban J connectivity index is 1.48. The van der Waals surface area contributed by atoms with E-state index in [0.29, 0.717) is 34.1 Å². The predicted octanol–water partition coefficient (Wildman–Crippen LogP) is 6.26. The molecule has 1 aliphatic rings. The molecule has 36 heavy (non-hydrogen) atoms. The second-order valence-electron chi connectivity index (χ2n) is 9.80. The van der Waals surface area contributed by atoms with Gasteiger partial charge in [-0.2, -0.15) is 0 Å². The fourth-order valence-electron chi connectivity index (χ4n) is 4.44. The van der Waals surface area contributed by atoms with Gasteiger partial charge in [0, 0.05) is 18.7 Å². The van der Waals surface area contributed by atoms with E-state index in [1.54, 1.807) is 0 Å². The average Bonchev–Trinajstić information content (AvgIpc) is 3.24. The van der Waals surface area contributed by atoms with Crippen LogP contribution < -0.4 is 10.2 Å². The Bertz CT molecular complexity index is 1480. The van der Waals surface area contributed by atoms with Crippen LogP contribution in [0.5, 0.6) is 0 Å². The highest BCUT2D eigenvalue weighted by atomic mass is 79.9. The van der Waals surface area contributed by atoms with Crippen LogP contribution in [0.2, 0.25) is 0 Å². The standard InChI is InChI=1S/C27H25BrN4O3S/c1-27(2,3)18-13-21(30-23(22(18)28)25(34)35)32-12-11-15-7-6-8-16(17(15)14-32)24(33)31-26-29-19-9-4-5-10-20(19)36-26/h4-10,13H,11-12,14H2,1-3H3,(H,34,35)(H,29,31,33). The first-order valence-corrected chi connectivity index (χ1v) is 13.2. The SMILES string of the molecule is CC(C)(C)c1cc(N2CCc3cccc(C(=O)Nc4nc5ccccc5s4)c3C2)nc(C(=O)O)c1Br. The summed E-state index contributed by atoms with van der Waals surface area (Å²) < 4.78 is 1.51. The number of hydrogen-bond donors (Lipinski definition) is 2. The number of aromatic carboxylic acids is 1. The largest absolute Gasteiger partial charge is 0.476 e. The van der Waals surface area contributed by atoms with E-state index in [0.717, 1.165) is 33.3 Å². The Hall–Kier alpha value is -3.30. The molecule has 0 aliphatic carbocycles. The molecule has 0 atom stereocenters. The normalized spacial score (nSPS) is 13.5. The van der Waals surface area contributed by atoms with E-state index in [1.807, 2.05) is 74.2 Å². The fourth-order valence-corrected chi connectivity index (χ4v) is 6.27. The van der Waals surface area contributed by atoms with Gasteiger partial charge in [-0.1, -0.05) is 56.4 Å². The number of carbonyl (C=O) groups excluding carboxylic acids is 1. The van der Waals surface area contributed by atoms with E-state index in [4.69, 9.17) is 0 Å². The van der Waals surface area contributed by atoms with Crippen molar-refractivity contribution in [2.24, 2.45) is 0 Å². The molecular formula is C27H25BrN4O3S. The minimum absolute atomic E-state index is 0.00918. The number of carbonyl (C=O) groups is 2. The summed E-state index contributed by atoms with van der Waals surface area (Å²) in [6.45, 7) is 7.25. The molecule has 0 fully saturated rings. The molecule has 0 spiro atoms. The molecule has 2 N–H and O–H groups in total. The van der Waals surface area contributed by atoms with Crippen LogP contribution in [0, 0.1) is 0 Å². The highest BCUT2D eigenvalue weighted by molar-refractivity contribution is 9.10. The molecule has 4 aromatic rings. The van der Waals surface area contributed by atoms with Crippen molar-refractivity contribution in [3.05, 3.63) is 81.0 Å². The number of hydrogen-bond acceptors (Lipinski definition) is 6. The summed E-state index contributed by atoms with van der Waals surface area (Å²) >= 11 is 4.90. The number of pyridine rings is 1. The molecule has 1 amide bonds. The lowest BCUT2D eigenvalue weighted by atomic mass is 9.87. The Morgan fingerprint density at radius 2 is 1.89 bits per heavy atom. The number of carboxylic acid groups (broad SMARTS) is 1. The average molecular weight is 565 g/mol. The second-order valence-corrected chi connectivity index (χ2v) is 11.6. The molecule has 1 aliphatic heterocycles. The lowest BCUT2D eigenvalue weighted by Gasteiger charge is -2.32. The molecule has 0 saturated heterocycles. The lowest BCUT2D eigenvalue weighted by molar-refractivity contribution is 0.0689. The van der Waals surface area contributed by atoms with Gasteiger partial charge in [-0.15, -0.1) is 0 Å². The second kappa shape index (κ2) is 9.29. The predicted molar refractivity (Wildman–Crippen MR) is 146 cm³/mol. The van der Waals surface area contributed by atoms with Crippen molar-refractivity contribution in [1.82, 2.24) is 9.97 Å². The summed E-state index contributed by atoms with van der Waals surface area (Å²) in [5.74, 6) is -0.701. The minimum Gasteiger partial charge on any atom is -0.476 e. The molecule has 0 radical (unpaired) electrons. The van der Waals surface area contributed by atoms with Crippen LogP contribution in [0.15, 0.2) is 53.0 Å². The van der Waals surface area contributed by atoms with Gasteiger partial charge in [-0.3, -0.25) is 10.1 Å². The van der Waals surface area contributed by atoms with Crippen molar-refractivity contribution < 1.29 is 14.7 Å². The first-order chi connectivity index (χ1) is 17.1. The number of amides is 1. The van der Waals surface area contributed by atoms with E-state index in [9.17, 15) is 14.7 Å². The topological polar surface area (TPSA) is 95.4 Å². The van der Waals surface area contributed by atoms with E-state index >= 15 is 0 Å². The number of thiazole rings is 1. The van der Waals surface area contributed by atoms with Crippen molar-refractivity contribution in [3.63, 3.8) is 0 Å². The Kier molecular flexibility index (Phi) is 6.30. The maximum Gasteiger partial charge on any atom is 0.355 e. The number of carboxylic acids is 1. The van der Waals surface area contributed by atoms with E-state index < -0.39 is 5.97 Å². The first kappa shape index (κ1) is 24.4. The van der Waals surface area contributed by atoms with Crippen LogP contribution in [0.1, 0.15) is 58.3 Å². The van der Waals surface area contributed by atoms with Crippen molar-refractivity contribution in [2.75, 3.05) is 16.8 Å². The maximum absolute atomic E-state index is 13.3. The number of nitrogens with one attached hydrogen (secondary N) is 1. The Labute approximate surface area is 221 Å². The van der Waals surface area contributed by atoms with Gasteiger partial charge < -0.3 is 10.0 Å². The number of rotatable bonds is 4. The molecule has 184 valence electrons. The van der Waals surface area contributed by atoms with Gasteiger partial charge in [-0.25, -0.2) is 14.8 Å². The van der Waals surface area contributed by atoms with Crippen LogP contribution in [0.25, 0.3) is 10.2 Å². The highest BCUT2D eigenvalue weighted by Crippen LogP contribution is 2.36.